The van der Waals surface area contributed by atoms with Crippen LogP contribution >= 0.6 is 0 Å². The third-order valence-corrected chi connectivity index (χ3v) is 11.6. The largest absolute Gasteiger partial charge is 0.462 e. The van der Waals surface area contributed by atoms with Gasteiger partial charge in [0.2, 0.25) is 0 Å². The van der Waals surface area contributed by atoms with Gasteiger partial charge in [-0.25, -0.2) is 0 Å². The van der Waals surface area contributed by atoms with E-state index in [2.05, 4.69) is 0 Å². The molecule has 0 aromatic carbocycles. The molecule has 2 saturated carbocycles. The number of halogens is 18. The average Bonchev–Trinajstić information content (AvgIpc) is 3.07. The van der Waals surface area contributed by atoms with Crippen LogP contribution < -0.4 is 0 Å². The lowest BCUT2D eigenvalue weighted by Gasteiger charge is -2.48. The summed E-state index contributed by atoms with van der Waals surface area (Å²) in [5, 5.41) is 28.8. The predicted octanol–water partition coefficient (Wildman–Crippen LogP) is 10.6. The topological polar surface area (TPSA) is 113 Å². The summed E-state index contributed by atoms with van der Waals surface area (Å²) in [7, 11) is 0. The van der Waals surface area contributed by atoms with E-state index >= 15 is 0 Å². The molecular formula is C35H48F18O7. The van der Waals surface area contributed by atoms with E-state index in [1.54, 1.807) is 6.92 Å². The zero-order valence-electron chi connectivity index (χ0n) is 32.9. The van der Waals surface area contributed by atoms with Gasteiger partial charge >= 0.3 is 49.0 Å². The van der Waals surface area contributed by atoms with Gasteiger partial charge in [-0.2, -0.15) is 79.0 Å². The molecule has 0 aliphatic heterocycles. The molecule has 2 fully saturated rings. The van der Waals surface area contributed by atoms with Gasteiger partial charge in [0.25, 0.3) is 16.8 Å². The molecule has 2 aliphatic rings. The fourth-order valence-electron chi connectivity index (χ4n) is 6.68. The van der Waals surface area contributed by atoms with E-state index in [-0.39, 0.29) is 6.42 Å². The molecule has 60 heavy (non-hydrogen) atoms. The Hall–Kier alpha value is -2.44. The van der Waals surface area contributed by atoms with Crippen LogP contribution in [-0.2, 0) is 19.1 Å². The minimum Gasteiger partial charge on any atom is -0.462 e. The Kier molecular flexibility index (Phi) is 17.0. The van der Waals surface area contributed by atoms with Gasteiger partial charge in [-0.05, 0) is 78.6 Å². The second-order valence-corrected chi connectivity index (χ2v) is 16.5. The molecular weight excluding hydrogens is 874 g/mol. The summed E-state index contributed by atoms with van der Waals surface area (Å²) >= 11 is 0. The predicted molar refractivity (Wildman–Crippen MR) is 171 cm³/mol. The first kappa shape index (κ1) is 55.6. The number of carbonyl (C=O) groups excluding carboxylic acids is 2. The van der Waals surface area contributed by atoms with Crippen LogP contribution in [0.25, 0.3) is 0 Å². The van der Waals surface area contributed by atoms with E-state index in [4.69, 9.17) is 9.47 Å². The van der Waals surface area contributed by atoms with Gasteiger partial charge in [0, 0.05) is 18.3 Å². The Morgan fingerprint density at radius 2 is 0.867 bits per heavy atom. The maximum atomic E-state index is 13.3. The van der Waals surface area contributed by atoms with Crippen molar-refractivity contribution in [1.29, 1.82) is 0 Å². The maximum Gasteiger partial charge on any atom is 0.426 e. The molecule has 3 N–H and O–H groups in total. The van der Waals surface area contributed by atoms with Gasteiger partial charge in [0.05, 0.1) is 10.8 Å². The lowest BCUT2D eigenvalue weighted by molar-refractivity contribution is -0.405. The molecule has 3 atom stereocenters. The molecule has 2 rings (SSSR count). The van der Waals surface area contributed by atoms with E-state index in [0.29, 0.717) is 32.1 Å². The molecule has 356 valence electrons. The van der Waals surface area contributed by atoms with Crippen molar-refractivity contribution in [3.05, 3.63) is 0 Å². The van der Waals surface area contributed by atoms with Gasteiger partial charge < -0.3 is 24.8 Å². The Balaban J connectivity index is 0.000000622. The van der Waals surface area contributed by atoms with Gasteiger partial charge in [0.15, 0.2) is 0 Å². The highest BCUT2D eigenvalue weighted by Crippen LogP contribution is 2.58. The fraction of sp³-hybridized carbons (Fsp3) is 0.943. The van der Waals surface area contributed by atoms with Gasteiger partial charge in [0.1, 0.15) is 12.2 Å². The molecule has 25 heteroatoms. The first-order chi connectivity index (χ1) is 26.4. The van der Waals surface area contributed by atoms with Crippen molar-refractivity contribution in [3.8, 4) is 0 Å². The van der Waals surface area contributed by atoms with E-state index in [9.17, 15) is 104 Å². The van der Waals surface area contributed by atoms with Crippen molar-refractivity contribution < 1.29 is 113 Å². The van der Waals surface area contributed by atoms with Crippen LogP contribution in [0.1, 0.15) is 112 Å². The monoisotopic (exact) mass is 922 g/mol. The molecule has 0 aromatic rings. The Bertz CT molecular complexity index is 1330. The van der Waals surface area contributed by atoms with Crippen LogP contribution in [0.4, 0.5) is 79.0 Å². The molecule has 0 radical (unpaired) electrons. The Morgan fingerprint density at radius 3 is 1.17 bits per heavy atom. The summed E-state index contributed by atoms with van der Waals surface area (Å²) in [6.45, 7) is 8.50. The van der Waals surface area contributed by atoms with Crippen molar-refractivity contribution in [2.24, 2.45) is 28.6 Å². The number of hydrogen-bond acceptors (Lipinski definition) is 7. The maximum absolute atomic E-state index is 13.3. The standard InChI is InChI=1S/C18H22F12O4.C17H26F6O3/c1-4-12(2,3)11(31)34-10-6-8(13(32,15(19,20)21)16(22,23)24)5-9(7-10)14(33,17(25,26)27)18(28,29)30;1-4-14(2,3)13(24)26-12(11-8-6-5-7-9-11)10-15(25,16(18,19)20)17(21,22)23/h8-10,32-33H,4-7H2,1-3H3;11-12,25H,4-10H2,1-3H3. The summed E-state index contributed by atoms with van der Waals surface area (Å²) in [6.07, 6.45) is -46.1. The summed E-state index contributed by atoms with van der Waals surface area (Å²) < 4.78 is 248. The summed E-state index contributed by atoms with van der Waals surface area (Å²) in [6, 6.07) is 0. The molecule has 0 saturated heterocycles. The van der Waals surface area contributed by atoms with Crippen LogP contribution in [0.3, 0.4) is 0 Å². The van der Waals surface area contributed by atoms with Crippen LogP contribution in [0.2, 0.25) is 0 Å². The van der Waals surface area contributed by atoms with Crippen molar-refractivity contribution >= 4 is 11.9 Å². The quantitative estimate of drug-likeness (QED) is 0.140. The molecule has 0 bridgehead atoms. The van der Waals surface area contributed by atoms with Gasteiger partial charge in [-0.3, -0.25) is 9.59 Å². The van der Waals surface area contributed by atoms with E-state index in [1.807, 2.05) is 0 Å². The number of alkyl halides is 18. The summed E-state index contributed by atoms with van der Waals surface area (Å²) in [4.78, 5) is 24.5. The second kappa shape index (κ2) is 18.3. The number of aliphatic hydroxyl groups is 3. The highest BCUT2D eigenvalue weighted by molar-refractivity contribution is 5.76. The lowest BCUT2D eigenvalue weighted by atomic mass is 9.65. The SMILES string of the molecule is CCC(C)(C)C(=O)OC(CC(O)(C(F)(F)F)C(F)(F)F)C1CCCCC1.CCC(C)(C)C(=O)OC1CC(C(O)(C(F)(F)F)C(F)(F)F)CC(C(O)(C(F)(F)F)C(F)(F)F)C1. The molecule has 0 heterocycles. The average molecular weight is 923 g/mol. The van der Waals surface area contributed by atoms with Gasteiger partial charge in [-0.15, -0.1) is 0 Å². The van der Waals surface area contributed by atoms with Gasteiger partial charge in [-0.1, -0.05) is 33.1 Å². The van der Waals surface area contributed by atoms with Crippen molar-refractivity contribution in [1.82, 2.24) is 0 Å². The summed E-state index contributed by atoms with van der Waals surface area (Å²) in [5.74, 6) is -9.56. The molecule has 7 nitrogen and oxygen atoms in total. The Morgan fingerprint density at radius 1 is 0.533 bits per heavy atom. The van der Waals surface area contributed by atoms with Crippen LogP contribution in [0.15, 0.2) is 0 Å². The van der Waals surface area contributed by atoms with Crippen LogP contribution in [0, 0.1) is 28.6 Å². The highest BCUT2D eigenvalue weighted by atomic mass is 19.4. The molecule has 0 amide bonds. The summed E-state index contributed by atoms with van der Waals surface area (Å²) in [5.41, 5.74) is -18.9. The minimum absolute atomic E-state index is 0.0184. The number of esters is 2. The van der Waals surface area contributed by atoms with E-state index in [0.717, 1.165) is 6.42 Å². The number of carbonyl (C=O) groups is 2. The van der Waals surface area contributed by atoms with E-state index in [1.165, 1.54) is 34.6 Å². The second-order valence-electron chi connectivity index (χ2n) is 16.5. The zero-order valence-corrected chi connectivity index (χ0v) is 32.9. The number of ether oxygens (including phenoxy) is 2. The molecule has 2 aliphatic carbocycles. The molecule has 0 aromatic heterocycles. The van der Waals surface area contributed by atoms with Crippen LogP contribution in [-0.4, -0.2) is 93.3 Å². The number of rotatable bonds is 11. The lowest BCUT2D eigenvalue weighted by Crippen LogP contribution is -2.67. The first-order valence-electron chi connectivity index (χ1n) is 18.4. The molecule has 3 unspecified atom stereocenters. The normalized spacial score (nSPS) is 22.1. The van der Waals surface area contributed by atoms with E-state index < -0.39 is 132 Å². The number of hydrogen-bond donors (Lipinski definition) is 3. The van der Waals surface area contributed by atoms with Crippen molar-refractivity contribution in [2.45, 2.75) is 178 Å². The highest BCUT2D eigenvalue weighted by Gasteiger charge is 2.78. The van der Waals surface area contributed by atoms with Crippen LogP contribution in [0.5, 0.6) is 0 Å². The zero-order chi connectivity index (χ0) is 47.7. The Labute approximate surface area is 332 Å². The van der Waals surface area contributed by atoms with Crippen molar-refractivity contribution in [2.75, 3.05) is 0 Å². The van der Waals surface area contributed by atoms with Crippen molar-refractivity contribution in [3.63, 3.8) is 0 Å². The smallest absolute Gasteiger partial charge is 0.426 e. The fourth-order valence-corrected chi connectivity index (χ4v) is 6.68. The third-order valence-electron chi connectivity index (χ3n) is 11.6. The first-order valence-corrected chi connectivity index (χ1v) is 18.4. The third kappa shape index (κ3) is 11.8. The minimum atomic E-state index is -6.58. The molecule has 0 spiro atoms.